The van der Waals surface area contributed by atoms with E-state index in [4.69, 9.17) is 5.11 Å². The molecule has 0 spiro atoms. The summed E-state index contributed by atoms with van der Waals surface area (Å²) >= 11 is 0. The van der Waals surface area contributed by atoms with E-state index in [1.807, 2.05) is 31.2 Å². The Morgan fingerprint density at radius 3 is 2.35 bits per heavy atom. The molecule has 2 unspecified atom stereocenters. The fraction of sp³-hybridized carbons (Fsp3) is 0.556. The van der Waals surface area contributed by atoms with E-state index in [1.54, 1.807) is 6.08 Å². The summed E-state index contributed by atoms with van der Waals surface area (Å²) < 4.78 is 0. The Hall–Kier alpha value is -1.30. The molecule has 0 aliphatic carbocycles. The Kier molecular flexibility index (Phi) is 13.2. The van der Waals surface area contributed by atoms with Gasteiger partial charge in [-0.25, -0.2) is 0 Å². The standard InChI is InChI=1S/C18H28O2/c1-3-5-12-17(4-2)13-8-6-7-9-14-18(20)15-10-11-16-19/h6-9,13-14,17-20H,4,10-12,15-16H2,1-2H3. The number of rotatable bonds is 10. The van der Waals surface area contributed by atoms with Crippen LogP contribution in [0.2, 0.25) is 0 Å². The molecule has 0 heterocycles. The first kappa shape index (κ1) is 18.7. The Labute approximate surface area is 123 Å². The second-order valence-electron chi connectivity index (χ2n) is 4.74. The summed E-state index contributed by atoms with van der Waals surface area (Å²) in [7, 11) is 0. The molecule has 2 heteroatoms. The minimum atomic E-state index is -0.418. The fourth-order valence-electron chi connectivity index (χ4n) is 1.69. The Bertz CT molecular complexity index is 355. The summed E-state index contributed by atoms with van der Waals surface area (Å²) in [5, 5.41) is 18.3. The third-order valence-electron chi connectivity index (χ3n) is 3.02. The molecule has 0 bridgehead atoms. The van der Waals surface area contributed by atoms with Crippen LogP contribution in [-0.4, -0.2) is 22.9 Å². The zero-order valence-corrected chi connectivity index (χ0v) is 12.8. The summed E-state index contributed by atoms with van der Waals surface area (Å²) in [4.78, 5) is 0. The maximum Gasteiger partial charge on any atom is 0.0724 e. The molecule has 0 rings (SSSR count). The number of unbranched alkanes of at least 4 members (excludes halogenated alkanes) is 1. The highest BCUT2D eigenvalue weighted by Gasteiger charge is 1.97. The van der Waals surface area contributed by atoms with E-state index < -0.39 is 6.10 Å². The van der Waals surface area contributed by atoms with Crippen LogP contribution in [0.15, 0.2) is 36.5 Å². The van der Waals surface area contributed by atoms with E-state index in [9.17, 15) is 5.11 Å². The fourth-order valence-corrected chi connectivity index (χ4v) is 1.69. The second kappa shape index (κ2) is 14.1. The number of allylic oxidation sites excluding steroid dienone is 5. The van der Waals surface area contributed by atoms with Crippen molar-refractivity contribution in [3.63, 3.8) is 0 Å². The summed E-state index contributed by atoms with van der Waals surface area (Å²) in [5.41, 5.74) is 0. The highest BCUT2D eigenvalue weighted by atomic mass is 16.3. The van der Waals surface area contributed by atoms with E-state index in [-0.39, 0.29) is 6.61 Å². The molecule has 0 aromatic rings. The highest BCUT2D eigenvalue weighted by molar-refractivity contribution is 5.13. The van der Waals surface area contributed by atoms with Crippen molar-refractivity contribution in [1.82, 2.24) is 0 Å². The lowest BCUT2D eigenvalue weighted by Crippen LogP contribution is -2.01. The highest BCUT2D eigenvalue weighted by Crippen LogP contribution is 2.09. The van der Waals surface area contributed by atoms with Gasteiger partial charge >= 0.3 is 0 Å². The number of hydrogen-bond donors (Lipinski definition) is 2. The molecule has 20 heavy (non-hydrogen) atoms. The number of hydrogen-bond acceptors (Lipinski definition) is 2. The van der Waals surface area contributed by atoms with Gasteiger partial charge in [-0.2, -0.15) is 0 Å². The third kappa shape index (κ3) is 11.8. The van der Waals surface area contributed by atoms with Crippen molar-refractivity contribution in [2.24, 2.45) is 5.92 Å². The molecular formula is C18H28O2. The Morgan fingerprint density at radius 2 is 1.75 bits per heavy atom. The quantitative estimate of drug-likeness (QED) is 0.363. The van der Waals surface area contributed by atoms with E-state index in [2.05, 4.69) is 24.8 Å². The van der Waals surface area contributed by atoms with Crippen LogP contribution in [0.4, 0.5) is 0 Å². The van der Waals surface area contributed by atoms with Gasteiger partial charge in [0.1, 0.15) is 0 Å². The van der Waals surface area contributed by atoms with Crippen LogP contribution >= 0.6 is 0 Å². The summed E-state index contributed by atoms with van der Waals surface area (Å²) in [6, 6.07) is 0. The molecule has 2 nitrogen and oxygen atoms in total. The molecule has 0 radical (unpaired) electrons. The molecule has 0 aromatic heterocycles. The first-order valence-electron chi connectivity index (χ1n) is 7.44. The Morgan fingerprint density at radius 1 is 1.05 bits per heavy atom. The van der Waals surface area contributed by atoms with Crippen LogP contribution in [-0.2, 0) is 0 Å². The minimum absolute atomic E-state index is 0.197. The monoisotopic (exact) mass is 276 g/mol. The molecule has 2 atom stereocenters. The van der Waals surface area contributed by atoms with Gasteiger partial charge in [-0.15, -0.1) is 11.8 Å². The van der Waals surface area contributed by atoms with Gasteiger partial charge in [0.05, 0.1) is 6.10 Å². The zero-order chi connectivity index (χ0) is 15.1. The topological polar surface area (TPSA) is 40.5 Å². The third-order valence-corrected chi connectivity index (χ3v) is 3.02. The lowest BCUT2D eigenvalue weighted by atomic mass is 10.0. The second-order valence-corrected chi connectivity index (χ2v) is 4.74. The van der Waals surface area contributed by atoms with E-state index in [1.165, 1.54) is 0 Å². The Balaban J connectivity index is 3.94. The van der Waals surface area contributed by atoms with E-state index in [0.29, 0.717) is 12.3 Å². The van der Waals surface area contributed by atoms with Crippen molar-refractivity contribution < 1.29 is 10.2 Å². The molecule has 0 fully saturated rings. The van der Waals surface area contributed by atoms with Crippen LogP contribution in [0.5, 0.6) is 0 Å². The minimum Gasteiger partial charge on any atom is -0.396 e. The van der Waals surface area contributed by atoms with Crippen molar-refractivity contribution >= 4 is 0 Å². The number of aliphatic hydroxyl groups is 2. The van der Waals surface area contributed by atoms with Gasteiger partial charge in [-0.1, -0.05) is 43.4 Å². The molecule has 0 saturated carbocycles. The summed E-state index contributed by atoms with van der Waals surface area (Å²) in [6.07, 6.45) is 15.6. The molecule has 0 aliphatic heterocycles. The van der Waals surface area contributed by atoms with Crippen molar-refractivity contribution in [2.45, 2.75) is 52.1 Å². The van der Waals surface area contributed by atoms with Crippen LogP contribution in [0.3, 0.4) is 0 Å². The van der Waals surface area contributed by atoms with Crippen molar-refractivity contribution in [3.05, 3.63) is 36.5 Å². The molecule has 0 aromatic carbocycles. The van der Waals surface area contributed by atoms with Gasteiger partial charge in [-0.3, -0.25) is 0 Å². The normalized spacial score (nSPS) is 14.8. The first-order chi connectivity index (χ1) is 9.74. The maximum atomic E-state index is 9.62. The van der Waals surface area contributed by atoms with Gasteiger partial charge in [0.2, 0.25) is 0 Å². The number of aliphatic hydroxyl groups excluding tert-OH is 2. The predicted molar refractivity (Wildman–Crippen MR) is 86.2 cm³/mol. The lowest BCUT2D eigenvalue weighted by molar-refractivity contribution is 0.201. The lowest BCUT2D eigenvalue weighted by Gasteiger charge is -2.03. The maximum absolute atomic E-state index is 9.62. The average molecular weight is 276 g/mol. The van der Waals surface area contributed by atoms with Gasteiger partial charge in [0, 0.05) is 13.0 Å². The van der Waals surface area contributed by atoms with Crippen LogP contribution in [0.1, 0.15) is 46.0 Å². The predicted octanol–water partition coefficient (Wildman–Crippen LogP) is 3.62. The van der Waals surface area contributed by atoms with Crippen molar-refractivity contribution in [1.29, 1.82) is 0 Å². The SMILES string of the molecule is CC#CCC(C=CC=CC=CC(O)CCCCO)CC. The van der Waals surface area contributed by atoms with Gasteiger partial charge in [-0.05, 0) is 38.5 Å². The van der Waals surface area contributed by atoms with Crippen molar-refractivity contribution in [3.8, 4) is 11.8 Å². The van der Waals surface area contributed by atoms with Crippen LogP contribution in [0.25, 0.3) is 0 Å². The average Bonchev–Trinajstić information content (AvgIpc) is 2.46. The molecule has 0 amide bonds. The molecule has 2 N–H and O–H groups in total. The largest absolute Gasteiger partial charge is 0.396 e. The van der Waals surface area contributed by atoms with Gasteiger partial charge < -0.3 is 10.2 Å². The summed E-state index contributed by atoms with van der Waals surface area (Å²) in [6.45, 7) is 4.23. The zero-order valence-electron chi connectivity index (χ0n) is 12.8. The smallest absolute Gasteiger partial charge is 0.0724 e. The van der Waals surface area contributed by atoms with Crippen molar-refractivity contribution in [2.75, 3.05) is 6.61 Å². The van der Waals surface area contributed by atoms with Crippen LogP contribution in [0, 0.1) is 17.8 Å². The molecule has 112 valence electrons. The van der Waals surface area contributed by atoms with Crippen LogP contribution < -0.4 is 0 Å². The van der Waals surface area contributed by atoms with Gasteiger partial charge in [0.15, 0.2) is 0 Å². The first-order valence-corrected chi connectivity index (χ1v) is 7.44. The molecule has 0 saturated heterocycles. The summed E-state index contributed by atoms with van der Waals surface area (Å²) in [5.74, 6) is 6.53. The van der Waals surface area contributed by atoms with Gasteiger partial charge in [0.25, 0.3) is 0 Å². The molecule has 0 aliphatic rings. The van der Waals surface area contributed by atoms with E-state index >= 15 is 0 Å². The van der Waals surface area contributed by atoms with E-state index in [0.717, 1.165) is 25.7 Å². The molecular weight excluding hydrogens is 248 g/mol.